The highest BCUT2D eigenvalue weighted by molar-refractivity contribution is 6.01. The molecule has 2 aromatic rings. The quantitative estimate of drug-likeness (QED) is 0.622. The molecule has 0 aliphatic rings. The normalized spacial score (nSPS) is 10.7. The number of carbonyl (C=O) groups excluding carboxylic acids is 1. The molecule has 1 N–H and O–H groups in total. The highest BCUT2D eigenvalue weighted by Gasteiger charge is 2.10. The summed E-state index contributed by atoms with van der Waals surface area (Å²) in [7, 11) is 1.54. The van der Waals surface area contributed by atoms with E-state index >= 15 is 0 Å². The van der Waals surface area contributed by atoms with Crippen LogP contribution in [0.4, 0.5) is 0 Å². The molecule has 1 amide bonds. The Kier molecular flexibility index (Phi) is 6.61. The highest BCUT2D eigenvalue weighted by atomic mass is 16.5. The molecule has 0 aromatic heterocycles. The number of nitriles is 1. The average Bonchev–Trinajstić information content (AvgIpc) is 2.66. The number of hydrogen-bond acceptors (Lipinski definition) is 4. The van der Waals surface area contributed by atoms with Gasteiger partial charge in [0, 0.05) is 6.54 Å². The van der Waals surface area contributed by atoms with Gasteiger partial charge in [0.05, 0.1) is 13.7 Å². The Morgan fingerprint density at radius 3 is 2.60 bits per heavy atom. The predicted molar refractivity (Wildman–Crippen MR) is 96.0 cm³/mol. The second-order valence-electron chi connectivity index (χ2n) is 5.18. The second-order valence-corrected chi connectivity index (χ2v) is 5.18. The summed E-state index contributed by atoms with van der Waals surface area (Å²) in [5, 5.41) is 12.0. The summed E-state index contributed by atoms with van der Waals surface area (Å²) in [6.45, 7) is 2.78. The topological polar surface area (TPSA) is 71.3 Å². The highest BCUT2D eigenvalue weighted by Crippen LogP contribution is 2.28. The van der Waals surface area contributed by atoms with Crippen LogP contribution >= 0.6 is 0 Å². The summed E-state index contributed by atoms with van der Waals surface area (Å²) in [4.78, 5) is 12.2. The molecule has 0 bridgehead atoms. The fourth-order valence-corrected chi connectivity index (χ4v) is 2.24. The van der Waals surface area contributed by atoms with Gasteiger partial charge in [-0.3, -0.25) is 4.79 Å². The summed E-state index contributed by atoms with van der Waals surface area (Å²) in [6, 6.07) is 16.7. The van der Waals surface area contributed by atoms with Gasteiger partial charge in [-0.2, -0.15) is 5.26 Å². The number of amides is 1. The van der Waals surface area contributed by atoms with Crippen molar-refractivity contribution in [2.75, 3.05) is 13.7 Å². The van der Waals surface area contributed by atoms with Gasteiger partial charge >= 0.3 is 0 Å². The van der Waals surface area contributed by atoms with Gasteiger partial charge in [0.25, 0.3) is 5.91 Å². The van der Waals surface area contributed by atoms with Gasteiger partial charge < -0.3 is 14.8 Å². The lowest BCUT2D eigenvalue weighted by atomic mass is 10.1. The number of nitrogens with one attached hydrogen (secondary N) is 1. The maximum atomic E-state index is 12.2. The summed E-state index contributed by atoms with van der Waals surface area (Å²) >= 11 is 0. The van der Waals surface area contributed by atoms with E-state index in [0.717, 1.165) is 5.56 Å². The fraction of sp³-hybridized carbons (Fsp3) is 0.200. The van der Waals surface area contributed by atoms with Crippen molar-refractivity contribution in [1.29, 1.82) is 5.26 Å². The van der Waals surface area contributed by atoms with Crippen LogP contribution in [0.25, 0.3) is 6.08 Å². The molecule has 0 aliphatic heterocycles. The van der Waals surface area contributed by atoms with Crippen LogP contribution in [-0.4, -0.2) is 19.6 Å². The standard InChI is InChI=1S/C20H20N2O3/c1-3-25-18-10-9-16(12-19(18)24-2)11-17(13-21)20(23)22-14-15-7-5-4-6-8-15/h4-12H,3,14H2,1-2H3,(H,22,23)/b17-11+. The average molecular weight is 336 g/mol. The summed E-state index contributed by atoms with van der Waals surface area (Å²) < 4.78 is 10.7. The molecule has 0 fully saturated rings. The fourth-order valence-electron chi connectivity index (χ4n) is 2.24. The number of methoxy groups -OCH3 is 1. The minimum atomic E-state index is -0.417. The van der Waals surface area contributed by atoms with Crippen LogP contribution < -0.4 is 14.8 Å². The monoisotopic (exact) mass is 336 g/mol. The first-order valence-corrected chi connectivity index (χ1v) is 7.92. The Bertz CT molecular complexity index is 792. The molecule has 2 rings (SSSR count). The summed E-state index contributed by atoms with van der Waals surface area (Å²) in [5.74, 6) is 0.756. The number of rotatable bonds is 7. The minimum Gasteiger partial charge on any atom is -0.493 e. The first kappa shape index (κ1) is 18.1. The molecule has 0 radical (unpaired) electrons. The third-order valence-corrected chi connectivity index (χ3v) is 3.46. The van der Waals surface area contributed by atoms with E-state index in [2.05, 4.69) is 5.32 Å². The van der Waals surface area contributed by atoms with E-state index in [4.69, 9.17) is 9.47 Å². The summed E-state index contributed by atoms with van der Waals surface area (Å²) in [6.07, 6.45) is 1.53. The zero-order valence-electron chi connectivity index (χ0n) is 14.3. The lowest BCUT2D eigenvalue weighted by Gasteiger charge is -2.10. The third-order valence-electron chi connectivity index (χ3n) is 3.46. The molecule has 0 unspecified atom stereocenters. The van der Waals surface area contributed by atoms with Crippen LogP contribution in [0, 0.1) is 11.3 Å². The van der Waals surface area contributed by atoms with Crippen molar-refractivity contribution in [3.05, 3.63) is 65.2 Å². The first-order chi connectivity index (χ1) is 12.2. The molecule has 0 aliphatic carbocycles. The molecule has 0 heterocycles. The van der Waals surface area contributed by atoms with Crippen LogP contribution in [-0.2, 0) is 11.3 Å². The van der Waals surface area contributed by atoms with E-state index in [1.54, 1.807) is 25.3 Å². The SMILES string of the molecule is CCOc1ccc(/C=C(\C#N)C(=O)NCc2ccccc2)cc1OC. The molecular formula is C20H20N2O3. The maximum Gasteiger partial charge on any atom is 0.262 e. The lowest BCUT2D eigenvalue weighted by molar-refractivity contribution is -0.117. The molecule has 128 valence electrons. The van der Waals surface area contributed by atoms with E-state index in [9.17, 15) is 10.1 Å². The van der Waals surface area contributed by atoms with E-state index in [1.165, 1.54) is 6.08 Å². The zero-order chi connectivity index (χ0) is 18.1. The van der Waals surface area contributed by atoms with Crippen LogP contribution in [0.5, 0.6) is 11.5 Å². The van der Waals surface area contributed by atoms with Gasteiger partial charge in [0.15, 0.2) is 11.5 Å². The zero-order valence-corrected chi connectivity index (χ0v) is 14.3. The molecule has 0 saturated carbocycles. The van der Waals surface area contributed by atoms with Gasteiger partial charge in [-0.15, -0.1) is 0 Å². The number of ether oxygens (including phenoxy) is 2. The molecule has 0 spiro atoms. The molecule has 0 atom stereocenters. The van der Waals surface area contributed by atoms with E-state index in [1.807, 2.05) is 43.3 Å². The van der Waals surface area contributed by atoms with Crippen molar-refractivity contribution >= 4 is 12.0 Å². The van der Waals surface area contributed by atoms with Crippen molar-refractivity contribution in [1.82, 2.24) is 5.32 Å². The van der Waals surface area contributed by atoms with Crippen LogP contribution in [0.3, 0.4) is 0 Å². The summed E-state index contributed by atoms with van der Waals surface area (Å²) in [5.41, 5.74) is 1.68. The van der Waals surface area contributed by atoms with Gasteiger partial charge in [-0.25, -0.2) is 0 Å². The van der Waals surface area contributed by atoms with Crippen molar-refractivity contribution < 1.29 is 14.3 Å². The number of carbonyl (C=O) groups is 1. The Morgan fingerprint density at radius 1 is 1.20 bits per heavy atom. The number of benzene rings is 2. The Balaban J connectivity index is 2.13. The molecule has 5 heteroatoms. The van der Waals surface area contributed by atoms with Gasteiger partial charge in [0.2, 0.25) is 0 Å². The van der Waals surface area contributed by atoms with Gasteiger partial charge in [-0.1, -0.05) is 36.4 Å². The molecule has 25 heavy (non-hydrogen) atoms. The van der Waals surface area contributed by atoms with E-state index in [-0.39, 0.29) is 5.57 Å². The van der Waals surface area contributed by atoms with Crippen molar-refractivity contribution in [2.45, 2.75) is 13.5 Å². The Morgan fingerprint density at radius 2 is 1.96 bits per heavy atom. The van der Waals surface area contributed by atoms with E-state index in [0.29, 0.717) is 30.2 Å². The van der Waals surface area contributed by atoms with Crippen LogP contribution in [0.15, 0.2) is 54.1 Å². The second kappa shape index (κ2) is 9.14. The smallest absolute Gasteiger partial charge is 0.262 e. The van der Waals surface area contributed by atoms with E-state index < -0.39 is 5.91 Å². The van der Waals surface area contributed by atoms with Gasteiger partial charge in [0.1, 0.15) is 11.6 Å². The largest absolute Gasteiger partial charge is 0.493 e. The molecular weight excluding hydrogens is 316 g/mol. The van der Waals surface area contributed by atoms with Crippen molar-refractivity contribution in [2.24, 2.45) is 0 Å². The van der Waals surface area contributed by atoms with Crippen LogP contribution in [0.1, 0.15) is 18.1 Å². The molecule has 0 saturated heterocycles. The lowest BCUT2D eigenvalue weighted by Crippen LogP contribution is -2.23. The molecule has 2 aromatic carbocycles. The van der Waals surface area contributed by atoms with Gasteiger partial charge in [-0.05, 0) is 36.3 Å². The van der Waals surface area contributed by atoms with Crippen molar-refractivity contribution in [3.8, 4) is 17.6 Å². The maximum absolute atomic E-state index is 12.2. The Hall–Kier alpha value is -3.26. The first-order valence-electron chi connectivity index (χ1n) is 7.92. The predicted octanol–water partition coefficient (Wildman–Crippen LogP) is 3.32. The van der Waals surface area contributed by atoms with Crippen molar-refractivity contribution in [3.63, 3.8) is 0 Å². The minimum absolute atomic E-state index is 0.0298. The number of hydrogen-bond donors (Lipinski definition) is 1. The molecule has 5 nitrogen and oxygen atoms in total. The number of nitrogens with zero attached hydrogens (tertiary/aromatic N) is 1. The third kappa shape index (κ3) is 5.11. The Labute approximate surface area is 147 Å². The van der Waals surface area contributed by atoms with Crippen LogP contribution in [0.2, 0.25) is 0 Å².